The molecule has 0 saturated heterocycles. The van der Waals surface area contributed by atoms with Gasteiger partial charge in [-0.15, -0.1) is 0 Å². The van der Waals surface area contributed by atoms with Gasteiger partial charge in [0.25, 0.3) is 0 Å². The molecule has 4 aromatic rings. The van der Waals surface area contributed by atoms with Gasteiger partial charge in [0.05, 0.1) is 16.7 Å². The van der Waals surface area contributed by atoms with Crippen LogP contribution >= 0.6 is 0 Å². The molecule has 3 N–H and O–H groups in total. The fourth-order valence-corrected chi connectivity index (χ4v) is 2.70. The molecular weight excluding hydrogens is 270 g/mol. The van der Waals surface area contributed by atoms with Crippen LogP contribution in [-0.4, -0.2) is 9.97 Å². The minimum absolute atomic E-state index is 0.747. The van der Waals surface area contributed by atoms with Gasteiger partial charge in [-0.2, -0.15) is 0 Å². The molecule has 3 heteroatoms. The molecule has 2 aromatic heterocycles. The summed E-state index contributed by atoms with van der Waals surface area (Å²) in [4.78, 5) is 8.13. The summed E-state index contributed by atoms with van der Waals surface area (Å²) in [5.74, 6) is 0. The van der Waals surface area contributed by atoms with Crippen molar-refractivity contribution in [2.24, 2.45) is 0 Å². The fourth-order valence-electron chi connectivity index (χ4n) is 2.70. The smallest absolute Gasteiger partial charge is 0.0964 e. The van der Waals surface area contributed by atoms with Crippen molar-refractivity contribution in [1.29, 1.82) is 0 Å². The van der Waals surface area contributed by atoms with Gasteiger partial charge in [0.2, 0.25) is 0 Å². The number of aromatic nitrogens is 2. The Morgan fingerprint density at radius 2 is 1.64 bits per heavy atom. The van der Waals surface area contributed by atoms with Crippen LogP contribution < -0.4 is 5.73 Å². The Morgan fingerprint density at radius 3 is 2.45 bits per heavy atom. The lowest BCUT2D eigenvalue weighted by atomic mass is 10.1. The number of nitrogens with zero attached hydrogens (tertiary/aromatic N) is 1. The number of nitrogen functional groups attached to an aromatic ring is 1. The Balaban J connectivity index is 1.90. The molecule has 0 spiro atoms. The van der Waals surface area contributed by atoms with Gasteiger partial charge < -0.3 is 10.7 Å². The lowest BCUT2D eigenvalue weighted by molar-refractivity contribution is 1.39. The zero-order valence-electron chi connectivity index (χ0n) is 12.0. The van der Waals surface area contributed by atoms with Crippen LogP contribution in [0.2, 0.25) is 0 Å². The molecule has 0 saturated carbocycles. The number of anilines is 1. The highest BCUT2D eigenvalue weighted by Gasteiger charge is 2.09. The molecule has 2 heterocycles. The van der Waals surface area contributed by atoms with E-state index in [4.69, 9.17) is 10.7 Å². The van der Waals surface area contributed by atoms with Crippen LogP contribution in [0.25, 0.3) is 33.4 Å². The summed E-state index contributed by atoms with van der Waals surface area (Å²) in [6.07, 6.45) is 2.01. The first-order valence-corrected chi connectivity index (χ1v) is 7.21. The number of hydrogen-bond acceptors (Lipinski definition) is 2. The molecule has 0 aliphatic heterocycles. The minimum Gasteiger partial charge on any atom is -0.399 e. The third-order valence-corrected chi connectivity index (χ3v) is 3.79. The summed E-state index contributed by atoms with van der Waals surface area (Å²) < 4.78 is 0. The SMILES string of the molecule is Nc1cccc(-c2ccc3[nH]cc(-c4ccccc4)c3n2)c1. The molecule has 0 bridgehead atoms. The van der Waals surface area contributed by atoms with Crippen molar-refractivity contribution in [3.63, 3.8) is 0 Å². The monoisotopic (exact) mass is 285 g/mol. The van der Waals surface area contributed by atoms with Crippen molar-refractivity contribution in [3.05, 3.63) is 72.9 Å². The van der Waals surface area contributed by atoms with Crippen LogP contribution in [-0.2, 0) is 0 Å². The van der Waals surface area contributed by atoms with Gasteiger partial charge in [-0.3, -0.25) is 0 Å². The largest absolute Gasteiger partial charge is 0.399 e. The Morgan fingerprint density at radius 1 is 0.818 bits per heavy atom. The van der Waals surface area contributed by atoms with Crippen molar-refractivity contribution in [3.8, 4) is 22.4 Å². The fraction of sp³-hybridized carbons (Fsp3) is 0. The Labute approximate surface area is 128 Å². The maximum Gasteiger partial charge on any atom is 0.0964 e. The molecule has 0 aliphatic rings. The average molecular weight is 285 g/mol. The van der Waals surface area contributed by atoms with Crippen LogP contribution in [0.4, 0.5) is 5.69 Å². The highest BCUT2D eigenvalue weighted by atomic mass is 14.8. The molecule has 0 unspecified atom stereocenters. The second-order valence-corrected chi connectivity index (χ2v) is 5.29. The predicted molar refractivity (Wildman–Crippen MR) is 91.4 cm³/mol. The molecule has 106 valence electrons. The van der Waals surface area contributed by atoms with E-state index >= 15 is 0 Å². The molecule has 3 nitrogen and oxygen atoms in total. The lowest BCUT2D eigenvalue weighted by Gasteiger charge is -2.04. The molecule has 2 aromatic carbocycles. The number of rotatable bonds is 2. The highest BCUT2D eigenvalue weighted by molar-refractivity contribution is 5.93. The number of H-pyrrole nitrogens is 1. The summed E-state index contributed by atoms with van der Waals surface area (Å²) in [6, 6.07) is 22.2. The van der Waals surface area contributed by atoms with Crippen molar-refractivity contribution >= 4 is 16.7 Å². The Kier molecular flexibility index (Phi) is 2.90. The first-order valence-electron chi connectivity index (χ1n) is 7.21. The van der Waals surface area contributed by atoms with Crippen LogP contribution in [0.3, 0.4) is 0 Å². The van der Waals surface area contributed by atoms with E-state index in [-0.39, 0.29) is 0 Å². The van der Waals surface area contributed by atoms with Gasteiger partial charge in [-0.1, -0.05) is 42.5 Å². The highest BCUT2D eigenvalue weighted by Crippen LogP contribution is 2.29. The third kappa shape index (κ3) is 2.13. The lowest BCUT2D eigenvalue weighted by Crippen LogP contribution is -1.88. The zero-order chi connectivity index (χ0) is 14.9. The number of nitrogens with one attached hydrogen (secondary N) is 1. The summed E-state index contributed by atoms with van der Waals surface area (Å²) >= 11 is 0. The number of aromatic amines is 1. The average Bonchev–Trinajstić information content (AvgIpc) is 2.99. The maximum atomic E-state index is 5.88. The molecule has 0 atom stereocenters. The number of pyridine rings is 1. The molecule has 0 aliphatic carbocycles. The summed E-state index contributed by atoms with van der Waals surface area (Å²) in [5.41, 5.74) is 12.9. The second-order valence-electron chi connectivity index (χ2n) is 5.29. The van der Waals surface area contributed by atoms with E-state index < -0.39 is 0 Å². The van der Waals surface area contributed by atoms with E-state index in [0.717, 1.165) is 39.1 Å². The predicted octanol–water partition coefficient (Wildman–Crippen LogP) is 4.48. The van der Waals surface area contributed by atoms with E-state index in [0.29, 0.717) is 0 Å². The number of fused-ring (bicyclic) bond motifs is 1. The van der Waals surface area contributed by atoms with Gasteiger partial charge in [0.1, 0.15) is 0 Å². The van der Waals surface area contributed by atoms with E-state index in [9.17, 15) is 0 Å². The van der Waals surface area contributed by atoms with Crippen LogP contribution in [0.5, 0.6) is 0 Å². The van der Waals surface area contributed by atoms with Crippen LogP contribution in [0.1, 0.15) is 0 Å². The summed E-state index contributed by atoms with van der Waals surface area (Å²) in [6.45, 7) is 0. The second kappa shape index (κ2) is 5.04. The minimum atomic E-state index is 0.747. The molecule has 0 fully saturated rings. The number of benzene rings is 2. The molecule has 0 amide bonds. The summed E-state index contributed by atoms with van der Waals surface area (Å²) in [5, 5.41) is 0. The molecular formula is C19H15N3. The molecule has 4 rings (SSSR count). The topological polar surface area (TPSA) is 54.7 Å². The first-order chi connectivity index (χ1) is 10.8. The first kappa shape index (κ1) is 12.7. The van der Waals surface area contributed by atoms with Gasteiger partial charge >= 0.3 is 0 Å². The van der Waals surface area contributed by atoms with Crippen molar-refractivity contribution in [2.75, 3.05) is 5.73 Å². The van der Waals surface area contributed by atoms with E-state index in [1.165, 1.54) is 0 Å². The number of hydrogen-bond donors (Lipinski definition) is 2. The van der Waals surface area contributed by atoms with Crippen molar-refractivity contribution < 1.29 is 0 Å². The van der Waals surface area contributed by atoms with E-state index in [2.05, 4.69) is 23.2 Å². The van der Waals surface area contributed by atoms with Gasteiger partial charge in [0.15, 0.2) is 0 Å². The van der Waals surface area contributed by atoms with Crippen molar-refractivity contribution in [2.45, 2.75) is 0 Å². The standard InChI is InChI=1S/C19H15N3/c20-15-8-4-7-14(11-15)17-9-10-18-19(22-17)16(12-21-18)13-5-2-1-3-6-13/h1-12,21H,20H2. The normalized spacial score (nSPS) is 10.9. The number of nitrogens with two attached hydrogens (primary N) is 1. The third-order valence-electron chi connectivity index (χ3n) is 3.79. The van der Waals surface area contributed by atoms with Crippen LogP contribution in [0.15, 0.2) is 72.9 Å². The Hall–Kier alpha value is -3.07. The Bertz CT molecular complexity index is 939. The van der Waals surface area contributed by atoms with E-state index in [1.807, 2.05) is 54.7 Å². The van der Waals surface area contributed by atoms with E-state index in [1.54, 1.807) is 0 Å². The zero-order valence-corrected chi connectivity index (χ0v) is 12.0. The van der Waals surface area contributed by atoms with Gasteiger partial charge in [-0.05, 0) is 29.8 Å². The van der Waals surface area contributed by atoms with Crippen LogP contribution in [0, 0.1) is 0 Å². The molecule has 0 radical (unpaired) electrons. The molecule has 22 heavy (non-hydrogen) atoms. The van der Waals surface area contributed by atoms with Crippen molar-refractivity contribution in [1.82, 2.24) is 9.97 Å². The maximum absolute atomic E-state index is 5.88. The van der Waals surface area contributed by atoms with Gasteiger partial charge in [-0.25, -0.2) is 4.98 Å². The van der Waals surface area contributed by atoms with Gasteiger partial charge in [0, 0.05) is 23.0 Å². The summed E-state index contributed by atoms with van der Waals surface area (Å²) in [7, 11) is 0. The quantitative estimate of drug-likeness (QED) is 0.533.